The molecule has 2 aromatic rings. The molecule has 1 aliphatic rings. The van der Waals surface area contributed by atoms with E-state index in [1.165, 1.54) is 0 Å². The number of hydrogen-bond donors (Lipinski definition) is 1. The highest BCUT2D eigenvalue weighted by Gasteiger charge is 2.43. The van der Waals surface area contributed by atoms with Gasteiger partial charge in [0.1, 0.15) is 11.2 Å². The number of aryl methyl sites for hydroxylation is 2. The zero-order chi connectivity index (χ0) is 21.9. The van der Waals surface area contributed by atoms with Gasteiger partial charge in [0.25, 0.3) is 5.91 Å². The van der Waals surface area contributed by atoms with Gasteiger partial charge in [-0.05, 0) is 37.8 Å². The molecule has 0 saturated carbocycles. The number of hydrogen-bond acceptors (Lipinski definition) is 7. The minimum absolute atomic E-state index is 0.0312. The van der Waals surface area contributed by atoms with Crippen LogP contribution in [0.5, 0.6) is 0 Å². The number of aliphatic imine (C=N–C) groups is 1. The van der Waals surface area contributed by atoms with Gasteiger partial charge < -0.3 is 10.1 Å². The van der Waals surface area contributed by atoms with Crippen LogP contribution in [-0.2, 0) is 22.4 Å². The second-order valence-electron chi connectivity index (χ2n) is 7.98. The molecule has 0 saturated heterocycles. The van der Waals surface area contributed by atoms with Gasteiger partial charge in [-0.3, -0.25) is 9.78 Å². The summed E-state index contributed by atoms with van der Waals surface area (Å²) in [5, 5.41) is 3.19. The van der Waals surface area contributed by atoms with E-state index in [9.17, 15) is 9.59 Å². The van der Waals surface area contributed by atoms with Gasteiger partial charge in [0, 0.05) is 17.5 Å². The molecule has 7 nitrogen and oxygen atoms in total. The minimum Gasteiger partial charge on any atom is -0.462 e. The maximum Gasteiger partial charge on any atom is 0.340 e. The van der Waals surface area contributed by atoms with E-state index in [1.807, 2.05) is 27.7 Å². The van der Waals surface area contributed by atoms with Crippen molar-refractivity contribution in [2.45, 2.75) is 59.4 Å². The maximum atomic E-state index is 12.9. The SMILES string of the molecule is CCCc1cnc(C2=NC(=O)C(C)(C(C)C)N2)c(C(=O)OCCc2scnc2C)c1. The molecule has 8 heteroatoms. The van der Waals surface area contributed by atoms with Gasteiger partial charge in [0.15, 0.2) is 5.84 Å². The predicted molar refractivity (Wildman–Crippen MR) is 117 cm³/mol. The number of esters is 1. The molecule has 160 valence electrons. The Bertz CT molecular complexity index is 983. The molecule has 0 radical (unpaired) electrons. The highest BCUT2D eigenvalue weighted by Crippen LogP contribution is 2.25. The fraction of sp³-hybridized carbons (Fsp3) is 0.500. The van der Waals surface area contributed by atoms with E-state index in [-0.39, 0.29) is 18.4 Å². The van der Waals surface area contributed by atoms with Gasteiger partial charge in [0.05, 0.1) is 23.4 Å². The first-order chi connectivity index (χ1) is 14.3. The Kier molecular flexibility index (Phi) is 6.65. The molecule has 0 bridgehead atoms. The topological polar surface area (TPSA) is 93.5 Å². The molecule has 1 aliphatic heterocycles. The average molecular weight is 429 g/mol. The summed E-state index contributed by atoms with van der Waals surface area (Å²) in [5.41, 5.74) is 3.56. The van der Waals surface area contributed by atoms with Crippen LogP contribution in [0.15, 0.2) is 22.8 Å². The first kappa shape index (κ1) is 22.1. The van der Waals surface area contributed by atoms with Gasteiger partial charge in [-0.25, -0.2) is 9.78 Å². The van der Waals surface area contributed by atoms with E-state index in [4.69, 9.17) is 4.74 Å². The second-order valence-corrected chi connectivity index (χ2v) is 8.92. The zero-order valence-corrected chi connectivity index (χ0v) is 18.9. The highest BCUT2D eigenvalue weighted by molar-refractivity contribution is 7.09. The molecule has 2 aromatic heterocycles. The lowest BCUT2D eigenvalue weighted by Gasteiger charge is -2.27. The summed E-state index contributed by atoms with van der Waals surface area (Å²) in [6.07, 6.45) is 4.08. The van der Waals surface area contributed by atoms with Crippen LogP contribution in [0.25, 0.3) is 0 Å². The Balaban J connectivity index is 1.84. The van der Waals surface area contributed by atoms with Crippen LogP contribution in [0.4, 0.5) is 0 Å². The summed E-state index contributed by atoms with van der Waals surface area (Å²) >= 11 is 1.55. The number of amidine groups is 1. The first-order valence-corrected chi connectivity index (χ1v) is 11.1. The van der Waals surface area contributed by atoms with Gasteiger partial charge >= 0.3 is 5.97 Å². The van der Waals surface area contributed by atoms with Crippen molar-refractivity contribution in [1.29, 1.82) is 0 Å². The molecular formula is C22H28N4O3S. The number of aromatic nitrogens is 2. The summed E-state index contributed by atoms with van der Waals surface area (Å²) in [7, 11) is 0. The molecule has 1 amide bonds. The van der Waals surface area contributed by atoms with Crippen molar-refractivity contribution < 1.29 is 14.3 Å². The summed E-state index contributed by atoms with van der Waals surface area (Å²) in [5.74, 6) is -0.368. The molecule has 1 atom stereocenters. The number of carbonyl (C=O) groups is 2. The summed E-state index contributed by atoms with van der Waals surface area (Å²) in [4.78, 5) is 39.4. The number of nitrogens with zero attached hydrogens (tertiary/aromatic N) is 3. The Labute approximate surface area is 181 Å². The molecular weight excluding hydrogens is 400 g/mol. The largest absolute Gasteiger partial charge is 0.462 e. The summed E-state index contributed by atoms with van der Waals surface area (Å²) in [6.45, 7) is 9.99. The number of carbonyl (C=O) groups excluding carboxylic acids is 2. The monoisotopic (exact) mass is 428 g/mol. The van der Waals surface area contributed by atoms with Crippen molar-refractivity contribution in [1.82, 2.24) is 15.3 Å². The van der Waals surface area contributed by atoms with Crippen molar-refractivity contribution in [3.05, 3.63) is 45.2 Å². The standard InChI is InChI=1S/C22H28N4O3S/c1-6-7-15-10-16(20(27)29-9-8-17-14(4)24-12-30-17)18(23-11-15)19-25-21(28)22(5,26-19)13(2)3/h10-13H,6-9H2,1-5H3,(H,25,26,28). The predicted octanol–water partition coefficient (Wildman–Crippen LogP) is 3.49. The average Bonchev–Trinajstić information content (AvgIpc) is 3.25. The van der Waals surface area contributed by atoms with E-state index in [1.54, 1.807) is 29.1 Å². The highest BCUT2D eigenvalue weighted by atomic mass is 32.1. The first-order valence-electron chi connectivity index (χ1n) is 10.2. The number of thiazole rings is 1. The third kappa shape index (κ3) is 4.43. The summed E-state index contributed by atoms with van der Waals surface area (Å²) in [6, 6.07) is 1.80. The lowest BCUT2D eigenvalue weighted by Crippen LogP contribution is -2.50. The van der Waals surface area contributed by atoms with Crippen molar-refractivity contribution in [2.75, 3.05) is 6.61 Å². The second kappa shape index (κ2) is 9.04. The number of ether oxygens (including phenoxy) is 1. The third-order valence-corrected chi connectivity index (χ3v) is 6.52. The smallest absolute Gasteiger partial charge is 0.340 e. The molecule has 0 spiro atoms. The van der Waals surface area contributed by atoms with Gasteiger partial charge in [-0.15, -0.1) is 11.3 Å². The Morgan fingerprint density at radius 1 is 1.30 bits per heavy atom. The van der Waals surface area contributed by atoms with Crippen molar-refractivity contribution in [3.63, 3.8) is 0 Å². The van der Waals surface area contributed by atoms with Gasteiger partial charge in [0.2, 0.25) is 0 Å². The minimum atomic E-state index is -0.815. The van der Waals surface area contributed by atoms with E-state index in [2.05, 4.69) is 27.2 Å². The molecule has 1 unspecified atom stereocenters. The van der Waals surface area contributed by atoms with E-state index < -0.39 is 11.5 Å². The van der Waals surface area contributed by atoms with Crippen LogP contribution in [0.2, 0.25) is 0 Å². The molecule has 30 heavy (non-hydrogen) atoms. The van der Waals surface area contributed by atoms with Crippen LogP contribution in [0.3, 0.4) is 0 Å². The van der Waals surface area contributed by atoms with E-state index in [0.29, 0.717) is 23.5 Å². The van der Waals surface area contributed by atoms with Gasteiger partial charge in [-0.1, -0.05) is 27.2 Å². The zero-order valence-electron chi connectivity index (χ0n) is 18.1. The Morgan fingerprint density at radius 3 is 2.67 bits per heavy atom. The number of pyridine rings is 1. The van der Waals surface area contributed by atoms with Crippen LogP contribution < -0.4 is 5.32 Å². The molecule has 1 N–H and O–H groups in total. The van der Waals surface area contributed by atoms with Crippen molar-refractivity contribution >= 4 is 29.0 Å². The van der Waals surface area contributed by atoms with Crippen LogP contribution in [-0.4, -0.2) is 39.8 Å². The lowest BCUT2D eigenvalue weighted by molar-refractivity contribution is -0.123. The molecule has 0 aromatic carbocycles. The quantitative estimate of drug-likeness (QED) is 0.647. The molecule has 3 rings (SSSR count). The molecule has 3 heterocycles. The molecule has 0 fully saturated rings. The van der Waals surface area contributed by atoms with E-state index in [0.717, 1.165) is 29.0 Å². The van der Waals surface area contributed by atoms with Gasteiger partial charge in [-0.2, -0.15) is 4.99 Å². The fourth-order valence-corrected chi connectivity index (χ4v) is 3.97. The van der Waals surface area contributed by atoms with E-state index >= 15 is 0 Å². The lowest BCUT2D eigenvalue weighted by atomic mass is 9.88. The molecule has 0 aliphatic carbocycles. The third-order valence-electron chi connectivity index (χ3n) is 5.52. The summed E-state index contributed by atoms with van der Waals surface area (Å²) < 4.78 is 5.55. The van der Waals surface area contributed by atoms with Crippen LogP contribution >= 0.6 is 11.3 Å². The van der Waals surface area contributed by atoms with Crippen LogP contribution in [0, 0.1) is 12.8 Å². The number of amides is 1. The van der Waals surface area contributed by atoms with Crippen LogP contribution in [0.1, 0.15) is 66.3 Å². The number of rotatable bonds is 8. The fourth-order valence-electron chi connectivity index (χ4n) is 3.21. The Hall–Kier alpha value is -2.61. The maximum absolute atomic E-state index is 12.9. The number of nitrogens with one attached hydrogen (secondary N) is 1. The van der Waals surface area contributed by atoms with Crippen molar-refractivity contribution in [2.24, 2.45) is 10.9 Å². The normalized spacial score (nSPS) is 18.5. The van der Waals surface area contributed by atoms with Crippen molar-refractivity contribution in [3.8, 4) is 0 Å². The Morgan fingerprint density at radius 2 is 2.07 bits per heavy atom.